The van der Waals surface area contributed by atoms with Gasteiger partial charge in [-0.15, -0.1) is 0 Å². The largest absolute Gasteiger partial charge is 0.514 e. The second-order valence-corrected chi connectivity index (χ2v) is 12.3. The van der Waals surface area contributed by atoms with Gasteiger partial charge in [0.05, 0.1) is 24.2 Å². The molecule has 0 fully saturated rings. The van der Waals surface area contributed by atoms with Crippen LogP contribution in [0, 0.1) is 16.0 Å². The number of benzene rings is 3. The van der Waals surface area contributed by atoms with Crippen LogP contribution in [0.15, 0.2) is 72.8 Å². The summed E-state index contributed by atoms with van der Waals surface area (Å²) in [5.41, 5.74) is 7.03. The van der Waals surface area contributed by atoms with Crippen molar-refractivity contribution in [1.29, 1.82) is 0 Å². The van der Waals surface area contributed by atoms with E-state index < -0.39 is 35.0 Å². The average Bonchev–Trinajstić information content (AvgIpc) is 3.16. The van der Waals surface area contributed by atoms with Crippen molar-refractivity contribution in [2.75, 3.05) is 26.3 Å². The number of carbonyl (C=O) groups is 7. The van der Waals surface area contributed by atoms with Crippen molar-refractivity contribution in [3.63, 3.8) is 0 Å². The number of nitrogens with two attached hydrogens (primary N) is 1. The Morgan fingerprint density at radius 1 is 0.873 bits per heavy atom. The van der Waals surface area contributed by atoms with E-state index in [9.17, 15) is 43.7 Å². The van der Waals surface area contributed by atoms with Crippen molar-refractivity contribution in [2.45, 2.75) is 51.7 Å². The number of rotatable bonds is 23. The van der Waals surface area contributed by atoms with Gasteiger partial charge in [-0.1, -0.05) is 43.3 Å². The van der Waals surface area contributed by atoms with Crippen molar-refractivity contribution in [3.05, 3.63) is 105 Å². The van der Waals surface area contributed by atoms with Gasteiger partial charge in [-0.25, -0.2) is 9.59 Å². The van der Waals surface area contributed by atoms with Gasteiger partial charge in [0, 0.05) is 61.5 Å². The molecule has 4 amide bonds. The van der Waals surface area contributed by atoms with Crippen molar-refractivity contribution in [2.24, 2.45) is 11.7 Å². The molecule has 5 N–H and O–H groups in total. The number of nitrogens with one attached hydrogen (secondary N) is 3. The lowest BCUT2D eigenvalue weighted by Gasteiger charge is -2.20. The molecule has 0 saturated heterocycles. The first-order chi connectivity index (χ1) is 26.3. The predicted molar refractivity (Wildman–Crippen MR) is 196 cm³/mol. The maximum atomic E-state index is 13.4. The molecule has 17 nitrogen and oxygen atoms in total. The molecule has 17 heteroatoms. The highest BCUT2D eigenvalue weighted by Crippen LogP contribution is 2.18. The summed E-state index contributed by atoms with van der Waals surface area (Å²) in [5.74, 6) is -2.03. The Morgan fingerprint density at radius 3 is 2.18 bits per heavy atom. The van der Waals surface area contributed by atoms with Crippen LogP contribution in [0.2, 0.25) is 0 Å². The first-order valence-electron chi connectivity index (χ1n) is 17.3. The Hall–Kier alpha value is -6.49. The number of nitro benzene ring substituents is 1. The number of aldehydes is 1. The van der Waals surface area contributed by atoms with Crippen molar-refractivity contribution < 1.29 is 52.7 Å². The molecule has 3 aromatic carbocycles. The van der Waals surface area contributed by atoms with E-state index in [1.54, 1.807) is 31.2 Å². The fourth-order valence-electron chi connectivity index (χ4n) is 5.00. The van der Waals surface area contributed by atoms with E-state index in [1.807, 2.05) is 0 Å². The summed E-state index contributed by atoms with van der Waals surface area (Å²) in [6, 6.07) is 16.0. The normalized spacial score (nSPS) is 11.7. The zero-order valence-corrected chi connectivity index (χ0v) is 30.2. The number of amides is 4. The highest BCUT2D eigenvalue weighted by molar-refractivity contribution is 5.95. The van der Waals surface area contributed by atoms with Gasteiger partial charge >= 0.3 is 12.2 Å². The molecule has 0 heterocycles. The third kappa shape index (κ3) is 16.0. The monoisotopic (exact) mass is 761 g/mol. The summed E-state index contributed by atoms with van der Waals surface area (Å²) in [5, 5.41) is 18.6. The SMILES string of the molecule is CC(CC(=O)CCOCCNC(=O)c1ccc(C=O)cc1)C(=O)NC(CCCNC(N)=O)C(=O)Cc1ccc(COC(=O)Oc2ccc([N+](=O)[O-])cc2)cc1. The standard InChI is InChI=1S/C38H43N5O12/c1-25(21-31(45)16-19-53-20-18-40-36(48)29-10-8-27(23-44)9-11-29)35(47)42-33(3-2-17-41-37(39)49)34(46)22-26-4-6-28(7-5-26)24-54-38(50)55-32-14-12-30(13-15-32)43(51)52/h4-15,23,25,33H,2-3,16-22,24H2,1H3,(H,40,48)(H,42,47)(H3,39,41,49). The first kappa shape index (κ1) is 42.9. The molecule has 0 aliphatic carbocycles. The van der Waals surface area contributed by atoms with Crippen LogP contribution in [0.25, 0.3) is 0 Å². The molecule has 292 valence electrons. The van der Waals surface area contributed by atoms with Crippen LogP contribution in [0.5, 0.6) is 5.75 Å². The van der Waals surface area contributed by atoms with Gasteiger partial charge in [-0.3, -0.25) is 34.1 Å². The minimum atomic E-state index is -1.01. The fourth-order valence-corrected chi connectivity index (χ4v) is 5.00. The second-order valence-electron chi connectivity index (χ2n) is 12.3. The molecular weight excluding hydrogens is 718 g/mol. The number of nitro groups is 1. The van der Waals surface area contributed by atoms with Crippen LogP contribution in [-0.4, -0.2) is 79.1 Å². The predicted octanol–water partition coefficient (Wildman–Crippen LogP) is 3.60. The maximum Gasteiger partial charge on any atom is 0.514 e. The zero-order valence-electron chi connectivity index (χ0n) is 30.2. The molecule has 0 radical (unpaired) electrons. The number of ether oxygens (including phenoxy) is 3. The number of primary amides is 1. The average molecular weight is 762 g/mol. The van der Waals surface area contributed by atoms with E-state index in [-0.39, 0.29) is 87.5 Å². The molecule has 3 rings (SSSR count). The Bertz CT molecular complexity index is 1800. The van der Waals surface area contributed by atoms with E-state index in [0.29, 0.717) is 35.0 Å². The molecule has 0 spiro atoms. The van der Waals surface area contributed by atoms with E-state index >= 15 is 0 Å². The highest BCUT2D eigenvalue weighted by atomic mass is 16.7. The lowest BCUT2D eigenvalue weighted by molar-refractivity contribution is -0.384. The third-order valence-electron chi connectivity index (χ3n) is 8.03. The fraction of sp³-hybridized carbons (Fsp3) is 0.342. The minimum Gasteiger partial charge on any atom is -0.429 e. The lowest BCUT2D eigenvalue weighted by Crippen LogP contribution is -2.44. The molecular formula is C38H43N5O12. The Kier molecular flexibility index (Phi) is 17.6. The van der Waals surface area contributed by atoms with E-state index in [2.05, 4.69) is 16.0 Å². The number of non-ortho nitro benzene ring substituents is 1. The molecule has 0 bridgehead atoms. The van der Waals surface area contributed by atoms with Gasteiger partial charge < -0.3 is 35.9 Å². The summed E-state index contributed by atoms with van der Waals surface area (Å²) in [6.45, 7) is 2.06. The smallest absolute Gasteiger partial charge is 0.429 e. The minimum absolute atomic E-state index is 0.0435. The first-order valence-corrected chi connectivity index (χ1v) is 17.3. The molecule has 0 aliphatic heterocycles. The second kappa shape index (κ2) is 22.5. The number of nitrogens with zero attached hydrogens (tertiary/aromatic N) is 1. The molecule has 0 saturated carbocycles. The van der Waals surface area contributed by atoms with Crippen LogP contribution in [-0.2, 0) is 36.9 Å². The number of hydrogen-bond donors (Lipinski definition) is 4. The zero-order chi connectivity index (χ0) is 40.2. The van der Waals surface area contributed by atoms with Gasteiger partial charge in [0.15, 0.2) is 5.78 Å². The molecule has 55 heavy (non-hydrogen) atoms. The molecule has 3 aromatic rings. The van der Waals surface area contributed by atoms with E-state index in [0.717, 1.165) is 0 Å². The van der Waals surface area contributed by atoms with Crippen LogP contribution in [0.3, 0.4) is 0 Å². The van der Waals surface area contributed by atoms with Crippen molar-refractivity contribution in [3.8, 4) is 5.75 Å². The number of urea groups is 1. The van der Waals surface area contributed by atoms with Gasteiger partial charge in [-0.05, 0) is 48.2 Å². The summed E-state index contributed by atoms with van der Waals surface area (Å²) in [4.78, 5) is 95.3. The van der Waals surface area contributed by atoms with E-state index in [1.165, 1.54) is 48.5 Å². The van der Waals surface area contributed by atoms with Crippen molar-refractivity contribution >= 4 is 47.5 Å². The molecule has 0 aromatic heterocycles. The summed E-state index contributed by atoms with van der Waals surface area (Å²) < 4.78 is 15.6. The van der Waals surface area contributed by atoms with Crippen molar-refractivity contribution in [1.82, 2.24) is 16.0 Å². The number of ketones is 2. The van der Waals surface area contributed by atoms with Crippen LogP contribution < -0.4 is 26.4 Å². The van der Waals surface area contributed by atoms with Crippen LogP contribution in [0.4, 0.5) is 15.3 Å². The molecule has 2 unspecified atom stereocenters. The number of carbonyl (C=O) groups excluding carboxylic acids is 7. The van der Waals surface area contributed by atoms with E-state index in [4.69, 9.17) is 19.9 Å². The summed E-state index contributed by atoms with van der Waals surface area (Å²) >= 11 is 0. The highest BCUT2D eigenvalue weighted by Gasteiger charge is 2.25. The van der Waals surface area contributed by atoms with Gasteiger partial charge in [-0.2, -0.15) is 0 Å². The Balaban J connectivity index is 1.43. The Labute approximate surface area is 316 Å². The van der Waals surface area contributed by atoms with Gasteiger partial charge in [0.25, 0.3) is 11.6 Å². The number of Topliss-reactive ketones (excluding diaryl/α,β-unsaturated/α-hetero) is 2. The van der Waals surface area contributed by atoms with Crippen LogP contribution in [0.1, 0.15) is 64.4 Å². The van der Waals surface area contributed by atoms with Gasteiger partial charge in [0.1, 0.15) is 24.4 Å². The van der Waals surface area contributed by atoms with Gasteiger partial charge in [0.2, 0.25) is 5.91 Å². The number of hydrogen-bond acceptors (Lipinski definition) is 12. The third-order valence-corrected chi connectivity index (χ3v) is 8.03. The Morgan fingerprint density at radius 2 is 1.55 bits per heavy atom. The topological polar surface area (TPSA) is 252 Å². The summed E-state index contributed by atoms with van der Waals surface area (Å²) in [7, 11) is 0. The maximum absolute atomic E-state index is 13.4. The quantitative estimate of drug-likeness (QED) is 0.0270. The van der Waals surface area contributed by atoms with Crippen LogP contribution >= 0.6 is 0 Å². The lowest BCUT2D eigenvalue weighted by atomic mass is 9.97. The molecule has 2 atom stereocenters. The molecule has 0 aliphatic rings. The summed E-state index contributed by atoms with van der Waals surface area (Å²) in [6.07, 6.45) is 0.114.